The van der Waals surface area contributed by atoms with Crippen molar-refractivity contribution in [2.24, 2.45) is 4.99 Å². The van der Waals surface area contributed by atoms with Crippen LogP contribution in [0.15, 0.2) is 33.7 Å². The molecule has 1 aromatic carbocycles. The molecule has 7 heteroatoms. The summed E-state index contributed by atoms with van der Waals surface area (Å²) in [5.41, 5.74) is 0. The first-order valence-electron chi connectivity index (χ1n) is 8.61. The summed E-state index contributed by atoms with van der Waals surface area (Å²) in [6, 6.07) is 7.67. The lowest BCUT2D eigenvalue weighted by molar-refractivity contribution is -0.130. The Balaban J connectivity index is 1.92. The van der Waals surface area contributed by atoms with E-state index in [1.165, 1.54) is 0 Å². The summed E-state index contributed by atoms with van der Waals surface area (Å²) in [4.78, 5) is 19.1. The topological polar surface area (TPSA) is 51.1 Å². The Labute approximate surface area is 162 Å². The third-order valence-electron chi connectivity index (χ3n) is 3.79. The van der Waals surface area contributed by atoms with E-state index in [1.807, 2.05) is 36.1 Å². The molecule has 0 aliphatic carbocycles. The molecule has 1 aromatic rings. The molecule has 0 aromatic heterocycles. The summed E-state index contributed by atoms with van der Waals surface area (Å²) in [5.74, 6) is 1.54. The molecule has 1 saturated heterocycles. The van der Waals surface area contributed by atoms with E-state index in [-0.39, 0.29) is 18.6 Å². The largest absolute Gasteiger partial charge is 0.484 e. The van der Waals surface area contributed by atoms with E-state index in [2.05, 4.69) is 27.8 Å². The van der Waals surface area contributed by atoms with Gasteiger partial charge >= 0.3 is 0 Å². The number of ether oxygens (including phenoxy) is 2. The molecule has 1 aliphatic rings. The maximum absolute atomic E-state index is 12.7. The van der Waals surface area contributed by atoms with Crippen molar-refractivity contribution < 1.29 is 14.3 Å². The van der Waals surface area contributed by atoms with Crippen molar-refractivity contribution in [1.29, 1.82) is 0 Å². The highest BCUT2D eigenvalue weighted by Gasteiger charge is 2.33. The number of thioether (sulfide) groups is 1. The number of aliphatic imine (C=N–C) groups is 1. The standard InChI is InChI=1S/C18H25BrN2O3S/c1-3-15-13-25-18(20-10-5-11-23-4-2)21(15)17(22)12-24-16-8-6-14(19)7-9-16/h6-9,15H,3-5,10-13H2,1-2H3/t15-/m1/s1. The number of amides is 1. The number of amidine groups is 1. The van der Waals surface area contributed by atoms with E-state index in [0.717, 1.165) is 34.8 Å². The molecule has 1 atom stereocenters. The van der Waals surface area contributed by atoms with E-state index >= 15 is 0 Å². The van der Waals surface area contributed by atoms with Gasteiger partial charge in [-0.3, -0.25) is 14.7 Å². The van der Waals surface area contributed by atoms with Crippen LogP contribution in [-0.2, 0) is 9.53 Å². The number of hydrogen-bond acceptors (Lipinski definition) is 5. The van der Waals surface area contributed by atoms with Crippen molar-refractivity contribution in [3.8, 4) is 5.75 Å². The van der Waals surface area contributed by atoms with Gasteiger partial charge in [-0.1, -0.05) is 34.6 Å². The maximum atomic E-state index is 12.7. The van der Waals surface area contributed by atoms with E-state index in [1.54, 1.807) is 11.8 Å². The lowest BCUT2D eigenvalue weighted by atomic mass is 10.2. The minimum absolute atomic E-state index is 0.0245. The number of nitrogens with zero attached hydrogens (tertiary/aromatic N) is 2. The molecule has 0 radical (unpaired) electrons. The van der Waals surface area contributed by atoms with Crippen molar-refractivity contribution in [3.63, 3.8) is 0 Å². The molecular weight excluding hydrogens is 404 g/mol. The quantitative estimate of drug-likeness (QED) is 0.558. The number of hydrogen-bond donors (Lipinski definition) is 0. The fraction of sp³-hybridized carbons (Fsp3) is 0.556. The molecule has 0 unspecified atom stereocenters. The molecule has 2 rings (SSSR count). The second-order valence-electron chi connectivity index (χ2n) is 5.59. The fourth-order valence-corrected chi connectivity index (χ4v) is 4.00. The fourth-order valence-electron chi connectivity index (χ4n) is 2.43. The van der Waals surface area contributed by atoms with Crippen molar-refractivity contribution in [2.75, 3.05) is 32.1 Å². The Kier molecular flexibility index (Phi) is 8.78. The Bertz CT molecular complexity index is 580. The third kappa shape index (κ3) is 6.31. The first kappa shape index (κ1) is 20.3. The zero-order valence-electron chi connectivity index (χ0n) is 14.7. The molecule has 1 aliphatic heterocycles. The summed E-state index contributed by atoms with van der Waals surface area (Å²) in [6.07, 6.45) is 1.78. The third-order valence-corrected chi connectivity index (χ3v) is 5.45. The normalized spacial score (nSPS) is 18.8. The van der Waals surface area contributed by atoms with Crippen LogP contribution < -0.4 is 4.74 Å². The summed E-state index contributed by atoms with van der Waals surface area (Å²) in [5, 5.41) is 0.813. The molecule has 1 fully saturated rings. The van der Waals surface area contributed by atoms with Gasteiger partial charge in [0.1, 0.15) is 5.75 Å². The van der Waals surface area contributed by atoms with Gasteiger partial charge in [0.15, 0.2) is 11.8 Å². The Hall–Kier alpha value is -1.05. The number of rotatable bonds is 9. The lowest BCUT2D eigenvalue weighted by Crippen LogP contribution is -2.41. The molecule has 138 valence electrons. The predicted molar refractivity (Wildman–Crippen MR) is 106 cm³/mol. The summed E-state index contributed by atoms with van der Waals surface area (Å²) < 4.78 is 11.9. The Morgan fingerprint density at radius 1 is 1.36 bits per heavy atom. The van der Waals surface area contributed by atoms with Crippen LogP contribution >= 0.6 is 27.7 Å². The average Bonchev–Trinajstić information content (AvgIpc) is 3.04. The molecule has 0 spiro atoms. The summed E-state index contributed by atoms with van der Waals surface area (Å²) in [7, 11) is 0. The van der Waals surface area contributed by atoms with Gasteiger partial charge in [0.25, 0.3) is 5.91 Å². The van der Waals surface area contributed by atoms with E-state index < -0.39 is 0 Å². The van der Waals surface area contributed by atoms with E-state index in [4.69, 9.17) is 9.47 Å². The highest BCUT2D eigenvalue weighted by Crippen LogP contribution is 2.26. The first-order valence-corrected chi connectivity index (χ1v) is 10.4. The van der Waals surface area contributed by atoms with Gasteiger partial charge in [0.2, 0.25) is 0 Å². The molecule has 1 heterocycles. The van der Waals surface area contributed by atoms with Gasteiger partial charge in [-0.2, -0.15) is 0 Å². The Morgan fingerprint density at radius 2 is 2.12 bits per heavy atom. The highest BCUT2D eigenvalue weighted by molar-refractivity contribution is 9.10. The smallest absolute Gasteiger partial charge is 0.266 e. The van der Waals surface area contributed by atoms with Gasteiger partial charge < -0.3 is 9.47 Å². The van der Waals surface area contributed by atoms with Gasteiger partial charge in [0, 0.05) is 36.0 Å². The van der Waals surface area contributed by atoms with Crippen molar-refractivity contribution >= 4 is 38.8 Å². The lowest BCUT2D eigenvalue weighted by Gasteiger charge is -2.23. The number of carbonyl (C=O) groups excluding carboxylic acids is 1. The summed E-state index contributed by atoms with van der Waals surface area (Å²) in [6.45, 7) is 6.21. The van der Waals surface area contributed by atoms with Crippen LogP contribution in [0.2, 0.25) is 0 Å². The van der Waals surface area contributed by atoms with Crippen LogP contribution in [-0.4, -0.2) is 54.1 Å². The van der Waals surface area contributed by atoms with Crippen LogP contribution in [0.5, 0.6) is 5.75 Å². The van der Waals surface area contributed by atoms with E-state index in [9.17, 15) is 4.79 Å². The van der Waals surface area contributed by atoms with Crippen LogP contribution in [0.4, 0.5) is 0 Å². The maximum Gasteiger partial charge on any atom is 0.266 e. The van der Waals surface area contributed by atoms with Crippen LogP contribution in [0.1, 0.15) is 26.7 Å². The van der Waals surface area contributed by atoms with Crippen molar-refractivity contribution in [2.45, 2.75) is 32.7 Å². The van der Waals surface area contributed by atoms with Gasteiger partial charge in [-0.15, -0.1) is 0 Å². The number of carbonyl (C=O) groups is 1. The second kappa shape index (κ2) is 10.8. The summed E-state index contributed by atoms with van der Waals surface area (Å²) >= 11 is 5.04. The SMILES string of the molecule is CCOCCCN=C1SC[C@@H](CC)N1C(=O)COc1ccc(Br)cc1. The van der Waals surface area contributed by atoms with Crippen molar-refractivity contribution in [1.82, 2.24) is 4.90 Å². The average molecular weight is 429 g/mol. The van der Waals surface area contributed by atoms with Crippen molar-refractivity contribution in [3.05, 3.63) is 28.7 Å². The molecular formula is C18H25BrN2O3S. The van der Waals surface area contributed by atoms with Gasteiger partial charge in [0.05, 0.1) is 0 Å². The van der Waals surface area contributed by atoms with Crippen LogP contribution in [0, 0.1) is 0 Å². The second-order valence-corrected chi connectivity index (χ2v) is 7.50. The molecule has 25 heavy (non-hydrogen) atoms. The predicted octanol–water partition coefficient (Wildman–Crippen LogP) is 3.96. The minimum atomic E-state index is -0.0386. The van der Waals surface area contributed by atoms with Gasteiger partial charge in [-0.25, -0.2) is 0 Å². The first-order chi connectivity index (χ1) is 12.2. The molecule has 0 saturated carbocycles. The van der Waals surface area contributed by atoms with Crippen LogP contribution in [0.3, 0.4) is 0 Å². The molecule has 1 amide bonds. The minimum Gasteiger partial charge on any atom is -0.484 e. The Morgan fingerprint density at radius 3 is 2.80 bits per heavy atom. The van der Waals surface area contributed by atoms with Crippen LogP contribution in [0.25, 0.3) is 0 Å². The van der Waals surface area contributed by atoms with Gasteiger partial charge in [-0.05, 0) is 44.0 Å². The van der Waals surface area contributed by atoms with E-state index in [0.29, 0.717) is 18.9 Å². The zero-order chi connectivity index (χ0) is 18.1. The molecule has 0 N–H and O–H groups in total. The zero-order valence-corrected chi connectivity index (χ0v) is 17.1. The highest BCUT2D eigenvalue weighted by atomic mass is 79.9. The number of benzene rings is 1. The molecule has 5 nitrogen and oxygen atoms in total. The molecule has 0 bridgehead atoms. The number of halogens is 1. The monoisotopic (exact) mass is 428 g/mol.